The maximum atomic E-state index is 10.1. The molecule has 1 saturated heterocycles. The molecule has 1 aliphatic heterocycles. The number of methoxy groups -OCH3 is 1. The Kier molecular flexibility index (Phi) is 3.99. The molecule has 0 radical (unpaired) electrons. The SMILES string of the molecule is COc1cccc([C@H]2C[C@H](O)CN2c2ccc(C#N)cc2)c1. The molecule has 0 spiro atoms. The second kappa shape index (κ2) is 6.08. The molecule has 2 aromatic rings. The summed E-state index contributed by atoms with van der Waals surface area (Å²) in [4.78, 5) is 2.18. The number of aliphatic hydroxyl groups excluding tert-OH is 1. The van der Waals surface area contributed by atoms with Gasteiger partial charge >= 0.3 is 0 Å². The second-order valence-electron chi connectivity index (χ2n) is 5.49. The Hall–Kier alpha value is -2.51. The minimum atomic E-state index is -0.355. The van der Waals surface area contributed by atoms with Crippen molar-refractivity contribution in [2.75, 3.05) is 18.6 Å². The fraction of sp³-hybridized carbons (Fsp3) is 0.278. The van der Waals surface area contributed by atoms with Crippen molar-refractivity contribution in [2.24, 2.45) is 0 Å². The number of rotatable bonds is 3. The molecule has 2 aromatic carbocycles. The predicted molar refractivity (Wildman–Crippen MR) is 84.9 cm³/mol. The summed E-state index contributed by atoms with van der Waals surface area (Å²) in [5, 5.41) is 19.0. The molecule has 0 saturated carbocycles. The molecule has 0 aliphatic carbocycles. The lowest BCUT2D eigenvalue weighted by Gasteiger charge is -2.27. The molecule has 1 N–H and O–H groups in total. The number of anilines is 1. The van der Waals surface area contributed by atoms with E-state index in [2.05, 4.69) is 17.0 Å². The van der Waals surface area contributed by atoms with Gasteiger partial charge in [-0.05, 0) is 48.4 Å². The summed E-state index contributed by atoms with van der Waals surface area (Å²) < 4.78 is 5.30. The molecule has 0 aromatic heterocycles. The van der Waals surface area contributed by atoms with Gasteiger partial charge in [0, 0.05) is 12.2 Å². The average molecular weight is 294 g/mol. The van der Waals surface area contributed by atoms with Crippen molar-refractivity contribution in [3.05, 3.63) is 59.7 Å². The molecule has 1 fully saturated rings. The third-order valence-corrected chi connectivity index (χ3v) is 4.09. The summed E-state index contributed by atoms with van der Waals surface area (Å²) in [6, 6.07) is 17.7. The van der Waals surface area contributed by atoms with E-state index < -0.39 is 0 Å². The largest absolute Gasteiger partial charge is 0.497 e. The summed E-state index contributed by atoms with van der Waals surface area (Å²) in [6.07, 6.45) is 0.333. The van der Waals surface area contributed by atoms with Crippen molar-refractivity contribution in [3.8, 4) is 11.8 Å². The maximum Gasteiger partial charge on any atom is 0.119 e. The van der Waals surface area contributed by atoms with Crippen molar-refractivity contribution in [1.29, 1.82) is 5.26 Å². The third kappa shape index (κ3) is 2.76. The van der Waals surface area contributed by atoms with Gasteiger partial charge in [-0.3, -0.25) is 0 Å². The number of nitriles is 1. The van der Waals surface area contributed by atoms with E-state index in [0.29, 0.717) is 18.5 Å². The molecule has 0 unspecified atom stereocenters. The lowest BCUT2D eigenvalue weighted by atomic mass is 10.0. The van der Waals surface area contributed by atoms with Gasteiger partial charge in [0.2, 0.25) is 0 Å². The van der Waals surface area contributed by atoms with E-state index in [0.717, 1.165) is 17.0 Å². The third-order valence-electron chi connectivity index (χ3n) is 4.09. The number of benzene rings is 2. The highest BCUT2D eigenvalue weighted by atomic mass is 16.5. The Morgan fingerprint density at radius 3 is 2.68 bits per heavy atom. The first-order valence-corrected chi connectivity index (χ1v) is 7.30. The first-order valence-electron chi connectivity index (χ1n) is 7.30. The van der Waals surface area contributed by atoms with Crippen LogP contribution < -0.4 is 9.64 Å². The van der Waals surface area contributed by atoms with Gasteiger partial charge in [0.25, 0.3) is 0 Å². The number of ether oxygens (including phenoxy) is 1. The van der Waals surface area contributed by atoms with Crippen molar-refractivity contribution in [1.82, 2.24) is 0 Å². The van der Waals surface area contributed by atoms with Crippen molar-refractivity contribution in [2.45, 2.75) is 18.6 Å². The van der Waals surface area contributed by atoms with Crippen LogP contribution in [-0.2, 0) is 0 Å². The summed E-state index contributed by atoms with van der Waals surface area (Å²) >= 11 is 0. The Bertz CT molecular complexity index is 691. The van der Waals surface area contributed by atoms with Gasteiger partial charge in [-0.15, -0.1) is 0 Å². The number of aliphatic hydroxyl groups is 1. The molecule has 112 valence electrons. The Morgan fingerprint density at radius 2 is 2.00 bits per heavy atom. The Labute approximate surface area is 130 Å². The molecule has 1 heterocycles. The zero-order chi connectivity index (χ0) is 15.5. The first kappa shape index (κ1) is 14.4. The molecule has 0 bridgehead atoms. The van der Waals surface area contributed by atoms with Gasteiger partial charge in [0.05, 0.1) is 30.9 Å². The smallest absolute Gasteiger partial charge is 0.119 e. The highest BCUT2D eigenvalue weighted by Gasteiger charge is 2.32. The van der Waals surface area contributed by atoms with E-state index in [-0.39, 0.29) is 12.1 Å². The molecule has 3 rings (SSSR count). The van der Waals surface area contributed by atoms with Crippen LogP contribution >= 0.6 is 0 Å². The summed E-state index contributed by atoms with van der Waals surface area (Å²) in [6.45, 7) is 0.591. The topological polar surface area (TPSA) is 56.5 Å². The normalized spacial score (nSPS) is 20.7. The van der Waals surface area contributed by atoms with Gasteiger partial charge in [0.15, 0.2) is 0 Å². The van der Waals surface area contributed by atoms with Crippen molar-refractivity contribution >= 4 is 5.69 Å². The van der Waals surface area contributed by atoms with E-state index in [4.69, 9.17) is 10.00 Å². The monoisotopic (exact) mass is 294 g/mol. The summed E-state index contributed by atoms with van der Waals surface area (Å²) in [5.41, 5.74) is 2.78. The Morgan fingerprint density at radius 1 is 1.23 bits per heavy atom. The second-order valence-corrected chi connectivity index (χ2v) is 5.49. The van der Waals surface area contributed by atoms with Gasteiger partial charge in [-0.25, -0.2) is 0 Å². The molecule has 2 atom stereocenters. The number of nitrogens with zero attached hydrogens (tertiary/aromatic N) is 2. The summed E-state index contributed by atoms with van der Waals surface area (Å²) in [5.74, 6) is 0.818. The standard InChI is InChI=1S/C18H18N2O2/c1-22-17-4-2-3-14(9-17)18-10-16(21)12-20(18)15-7-5-13(11-19)6-8-15/h2-9,16,18,21H,10,12H2,1H3/t16-,18+/m0/s1. The minimum absolute atomic E-state index is 0.109. The molecule has 0 amide bonds. The van der Waals surface area contributed by atoms with Crippen LogP contribution in [0.3, 0.4) is 0 Å². The van der Waals surface area contributed by atoms with Gasteiger partial charge in [0.1, 0.15) is 5.75 Å². The van der Waals surface area contributed by atoms with Gasteiger partial charge < -0.3 is 14.7 Å². The van der Waals surface area contributed by atoms with Crippen LogP contribution in [-0.4, -0.2) is 24.9 Å². The number of hydrogen-bond donors (Lipinski definition) is 1. The number of hydrogen-bond acceptors (Lipinski definition) is 4. The van der Waals surface area contributed by atoms with Gasteiger partial charge in [-0.2, -0.15) is 5.26 Å². The predicted octanol–water partition coefficient (Wildman–Crippen LogP) is 2.88. The van der Waals surface area contributed by atoms with Crippen LogP contribution in [0.15, 0.2) is 48.5 Å². The molecule has 1 aliphatic rings. The van der Waals surface area contributed by atoms with Crippen LogP contribution in [0.2, 0.25) is 0 Å². The van der Waals surface area contributed by atoms with Crippen molar-refractivity contribution < 1.29 is 9.84 Å². The Balaban J connectivity index is 1.92. The fourth-order valence-corrected chi connectivity index (χ4v) is 2.99. The maximum absolute atomic E-state index is 10.1. The van der Waals surface area contributed by atoms with Crippen LogP contribution in [0.5, 0.6) is 5.75 Å². The minimum Gasteiger partial charge on any atom is -0.497 e. The van der Waals surface area contributed by atoms with Crippen LogP contribution in [0.4, 0.5) is 5.69 Å². The molecule has 22 heavy (non-hydrogen) atoms. The molecule has 4 nitrogen and oxygen atoms in total. The molecular weight excluding hydrogens is 276 g/mol. The van der Waals surface area contributed by atoms with E-state index in [1.54, 1.807) is 7.11 Å². The van der Waals surface area contributed by atoms with Crippen LogP contribution in [0, 0.1) is 11.3 Å². The zero-order valence-electron chi connectivity index (χ0n) is 12.4. The lowest BCUT2D eigenvalue weighted by Crippen LogP contribution is -2.24. The highest BCUT2D eigenvalue weighted by molar-refractivity contribution is 5.53. The molecule has 4 heteroatoms. The van der Waals surface area contributed by atoms with Crippen molar-refractivity contribution in [3.63, 3.8) is 0 Å². The van der Waals surface area contributed by atoms with Crippen LogP contribution in [0.25, 0.3) is 0 Å². The van der Waals surface area contributed by atoms with E-state index in [1.807, 2.05) is 42.5 Å². The van der Waals surface area contributed by atoms with Crippen LogP contribution in [0.1, 0.15) is 23.6 Å². The zero-order valence-corrected chi connectivity index (χ0v) is 12.4. The van der Waals surface area contributed by atoms with Gasteiger partial charge in [-0.1, -0.05) is 12.1 Å². The first-order chi connectivity index (χ1) is 10.7. The number of β-amino-alcohol motifs (C(OH)–C–C–N with tert-alkyl or cyclic N) is 1. The van der Waals surface area contributed by atoms with E-state index in [1.165, 1.54) is 0 Å². The summed E-state index contributed by atoms with van der Waals surface area (Å²) in [7, 11) is 1.65. The fourth-order valence-electron chi connectivity index (χ4n) is 2.99. The average Bonchev–Trinajstić information content (AvgIpc) is 2.97. The highest BCUT2D eigenvalue weighted by Crippen LogP contribution is 2.37. The van der Waals surface area contributed by atoms with E-state index >= 15 is 0 Å². The lowest BCUT2D eigenvalue weighted by molar-refractivity contribution is 0.194. The quantitative estimate of drug-likeness (QED) is 0.945. The molecular formula is C18H18N2O2. The van der Waals surface area contributed by atoms with E-state index in [9.17, 15) is 5.11 Å².